The Morgan fingerprint density at radius 3 is 2.80 bits per heavy atom. The molecule has 1 aromatic carbocycles. The van der Waals surface area contributed by atoms with Crippen LogP contribution < -0.4 is 4.74 Å². The van der Waals surface area contributed by atoms with Crippen LogP contribution in [0.1, 0.15) is 37.3 Å². The topological polar surface area (TPSA) is 32.7 Å². The van der Waals surface area contributed by atoms with Crippen LogP contribution in [0.4, 0.5) is 0 Å². The first-order valence-electron chi connectivity index (χ1n) is 7.64. The van der Waals surface area contributed by atoms with Gasteiger partial charge in [-0.1, -0.05) is 24.6 Å². The third kappa shape index (κ3) is 3.74. The largest absolute Gasteiger partial charge is 0.496 e. The molecule has 0 aromatic heterocycles. The summed E-state index contributed by atoms with van der Waals surface area (Å²) in [5, 5.41) is 10.9. The van der Waals surface area contributed by atoms with Crippen molar-refractivity contribution in [1.82, 2.24) is 4.90 Å². The van der Waals surface area contributed by atoms with Crippen LogP contribution in [0.15, 0.2) is 18.2 Å². The van der Waals surface area contributed by atoms with Gasteiger partial charge in [-0.05, 0) is 50.9 Å². The predicted octanol–water partition coefficient (Wildman–Crippen LogP) is 2.78. The van der Waals surface area contributed by atoms with E-state index in [0.29, 0.717) is 6.42 Å². The molecule has 1 aliphatic heterocycles. The second-order valence-corrected chi connectivity index (χ2v) is 6.00. The number of aryl methyl sites for hydroxylation is 1. The Bertz CT molecular complexity index is 447. The van der Waals surface area contributed by atoms with E-state index in [-0.39, 0.29) is 0 Å². The molecular weight excluding hydrogens is 250 g/mol. The Balaban J connectivity index is 2.13. The lowest BCUT2D eigenvalue weighted by Crippen LogP contribution is -2.33. The van der Waals surface area contributed by atoms with Crippen molar-refractivity contribution in [2.75, 3.05) is 26.7 Å². The van der Waals surface area contributed by atoms with Crippen LogP contribution in [-0.4, -0.2) is 42.4 Å². The molecule has 1 saturated heterocycles. The number of hydrogen-bond donors (Lipinski definition) is 1. The number of aliphatic hydroxyl groups is 1. The molecule has 3 nitrogen and oxygen atoms in total. The van der Waals surface area contributed by atoms with Gasteiger partial charge in [0, 0.05) is 13.0 Å². The minimum Gasteiger partial charge on any atom is -0.496 e. The van der Waals surface area contributed by atoms with Gasteiger partial charge in [0.1, 0.15) is 5.75 Å². The number of ether oxygens (including phenoxy) is 1. The number of benzene rings is 1. The van der Waals surface area contributed by atoms with Gasteiger partial charge in [-0.2, -0.15) is 0 Å². The summed E-state index contributed by atoms with van der Waals surface area (Å²) in [7, 11) is 1.70. The Morgan fingerprint density at radius 2 is 2.10 bits per heavy atom. The molecule has 2 rings (SSSR count). The second kappa shape index (κ2) is 6.59. The molecule has 1 fully saturated rings. The van der Waals surface area contributed by atoms with E-state index in [2.05, 4.69) is 30.9 Å². The highest BCUT2D eigenvalue weighted by atomic mass is 16.5. The summed E-state index contributed by atoms with van der Waals surface area (Å²) in [6.07, 6.45) is 3.48. The van der Waals surface area contributed by atoms with Crippen LogP contribution in [0.25, 0.3) is 0 Å². The number of methoxy groups -OCH3 is 1. The van der Waals surface area contributed by atoms with Gasteiger partial charge in [0.15, 0.2) is 0 Å². The molecule has 0 saturated carbocycles. The highest BCUT2D eigenvalue weighted by Crippen LogP contribution is 2.30. The quantitative estimate of drug-likeness (QED) is 0.918. The SMILES string of the molecule is CCN1CCCC(O)(Cc2cc(C)ccc2OC)CC1. The van der Waals surface area contributed by atoms with E-state index in [0.717, 1.165) is 50.2 Å². The van der Waals surface area contributed by atoms with E-state index >= 15 is 0 Å². The molecule has 20 heavy (non-hydrogen) atoms. The van der Waals surface area contributed by atoms with Crippen molar-refractivity contribution < 1.29 is 9.84 Å². The number of rotatable bonds is 4. The van der Waals surface area contributed by atoms with Crippen molar-refractivity contribution >= 4 is 0 Å². The van der Waals surface area contributed by atoms with Gasteiger partial charge in [0.2, 0.25) is 0 Å². The first-order valence-corrected chi connectivity index (χ1v) is 7.64. The Labute approximate surface area is 122 Å². The fraction of sp³-hybridized carbons (Fsp3) is 0.647. The molecule has 0 amide bonds. The zero-order chi connectivity index (χ0) is 14.6. The van der Waals surface area contributed by atoms with E-state index in [9.17, 15) is 5.11 Å². The van der Waals surface area contributed by atoms with Crippen LogP contribution in [0.5, 0.6) is 5.75 Å². The molecule has 1 aromatic rings. The Morgan fingerprint density at radius 1 is 1.30 bits per heavy atom. The molecule has 1 unspecified atom stereocenters. The summed E-state index contributed by atoms with van der Waals surface area (Å²) in [6, 6.07) is 6.20. The minimum atomic E-state index is -0.592. The van der Waals surface area contributed by atoms with Gasteiger partial charge in [0.25, 0.3) is 0 Å². The third-order valence-corrected chi connectivity index (χ3v) is 4.41. The first-order chi connectivity index (χ1) is 9.56. The molecule has 3 heteroatoms. The summed E-state index contributed by atoms with van der Waals surface area (Å²) in [5.74, 6) is 0.889. The lowest BCUT2D eigenvalue weighted by Gasteiger charge is -2.28. The summed E-state index contributed by atoms with van der Waals surface area (Å²) in [6.45, 7) is 7.43. The molecule has 1 aliphatic rings. The van der Waals surface area contributed by atoms with E-state index in [1.807, 2.05) is 6.07 Å². The zero-order valence-corrected chi connectivity index (χ0v) is 13.0. The Kier molecular flexibility index (Phi) is 5.06. The van der Waals surface area contributed by atoms with Crippen LogP contribution in [0.3, 0.4) is 0 Å². The van der Waals surface area contributed by atoms with Crippen molar-refractivity contribution in [1.29, 1.82) is 0 Å². The molecule has 0 bridgehead atoms. The highest BCUT2D eigenvalue weighted by Gasteiger charge is 2.30. The fourth-order valence-corrected chi connectivity index (χ4v) is 3.13. The monoisotopic (exact) mass is 277 g/mol. The van der Waals surface area contributed by atoms with Crippen molar-refractivity contribution in [2.24, 2.45) is 0 Å². The molecule has 1 atom stereocenters. The molecule has 1 N–H and O–H groups in total. The zero-order valence-electron chi connectivity index (χ0n) is 13.0. The summed E-state index contributed by atoms with van der Waals surface area (Å²) in [4.78, 5) is 2.42. The van der Waals surface area contributed by atoms with Crippen LogP contribution in [0, 0.1) is 6.92 Å². The van der Waals surface area contributed by atoms with Crippen LogP contribution in [-0.2, 0) is 6.42 Å². The molecule has 0 aliphatic carbocycles. The van der Waals surface area contributed by atoms with Gasteiger partial charge in [0.05, 0.1) is 12.7 Å². The second-order valence-electron chi connectivity index (χ2n) is 6.00. The molecule has 0 radical (unpaired) electrons. The number of nitrogens with zero attached hydrogens (tertiary/aromatic N) is 1. The Hall–Kier alpha value is -1.06. The molecular formula is C17H27NO2. The maximum Gasteiger partial charge on any atom is 0.122 e. The van der Waals surface area contributed by atoms with Gasteiger partial charge < -0.3 is 14.7 Å². The lowest BCUT2D eigenvalue weighted by molar-refractivity contribution is 0.0253. The van der Waals surface area contributed by atoms with Crippen molar-refractivity contribution in [2.45, 2.75) is 45.1 Å². The summed E-state index contributed by atoms with van der Waals surface area (Å²) < 4.78 is 5.44. The maximum absolute atomic E-state index is 10.9. The number of hydrogen-bond acceptors (Lipinski definition) is 3. The number of likely N-dealkylation sites (tertiary alicyclic amines) is 1. The normalized spacial score (nSPS) is 24.4. The third-order valence-electron chi connectivity index (χ3n) is 4.41. The van der Waals surface area contributed by atoms with E-state index in [1.165, 1.54) is 5.56 Å². The van der Waals surface area contributed by atoms with E-state index in [4.69, 9.17) is 4.74 Å². The van der Waals surface area contributed by atoms with E-state index in [1.54, 1.807) is 7.11 Å². The highest BCUT2D eigenvalue weighted by molar-refractivity contribution is 5.37. The van der Waals surface area contributed by atoms with E-state index < -0.39 is 5.60 Å². The van der Waals surface area contributed by atoms with Gasteiger partial charge in [-0.3, -0.25) is 0 Å². The van der Waals surface area contributed by atoms with Gasteiger partial charge >= 0.3 is 0 Å². The lowest BCUT2D eigenvalue weighted by atomic mass is 9.87. The summed E-state index contributed by atoms with van der Waals surface area (Å²) in [5.41, 5.74) is 1.75. The fourth-order valence-electron chi connectivity index (χ4n) is 3.13. The average Bonchev–Trinajstić information content (AvgIpc) is 2.61. The average molecular weight is 277 g/mol. The van der Waals surface area contributed by atoms with Crippen molar-refractivity contribution in [3.63, 3.8) is 0 Å². The summed E-state index contributed by atoms with van der Waals surface area (Å²) >= 11 is 0. The maximum atomic E-state index is 10.9. The molecule has 112 valence electrons. The smallest absolute Gasteiger partial charge is 0.122 e. The van der Waals surface area contributed by atoms with Gasteiger partial charge in [-0.25, -0.2) is 0 Å². The van der Waals surface area contributed by atoms with Crippen LogP contribution in [0.2, 0.25) is 0 Å². The predicted molar refractivity (Wildman–Crippen MR) is 82.3 cm³/mol. The minimum absolute atomic E-state index is 0.592. The standard InChI is InChI=1S/C17H27NO2/c1-4-18-10-5-8-17(19,9-11-18)13-15-12-14(2)6-7-16(15)20-3/h6-7,12,19H,4-5,8-11,13H2,1-3H3. The first kappa shape index (κ1) is 15.3. The van der Waals surface area contributed by atoms with Crippen LogP contribution >= 0.6 is 0 Å². The van der Waals surface area contributed by atoms with Crippen molar-refractivity contribution in [3.05, 3.63) is 29.3 Å². The van der Waals surface area contributed by atoms with Gasteiger partial charge in [-0.15, -0.1) is 0 Å². The molecule has 1 heterocycles. The van der Waals surface area contributed by atoms with Crippen molar-refractivity contribution in [3.8, 4) is 5.75 Å². The molecule has 0 spiro atoms.